The minimum absolute atomic E-state index is 0.0809. The number of ether oxygens (including phenoxy) is 1. The Hall–Kier alpha value is -5.97. The summed E-state index contributed by atoms with van der Waals surface area (Å²) in [7, 11) is 0. The summed E-state index contributed by atoms with van der Waals surface area (Å²) in [6, 6.07) is 36.7. The first-order valence-electron chi connectivity index (χ1n) is 18.0. The Balaban J connectivity index is 1.23. The number of amides is 3. The van der Waals surface area contributed by atoms with Crippen molar-refractivity contribution in [2.45, 2.75) is 33.4 Å². The van der Waals surface area contributed by atoms with Gasteiger partial charge in [-0.05, 0) is 97.6 Å². The van der Waals surface area contributed by atoms with Crippen LogP contribution in [0.15, 0.2) is 167 Å². The van der Waals surface area contributed by atoms with Gasteiger partial charge in [0.25, 0.3) is 11.8 Å². The van der Waals surface area contributed by atoms with Crippen molar-refractivity contribution in [3.05, 3.63) is 196 Å². The normalized spacial score (nSPS) is 14.1. The number of aryl methyl sites for hydroxylation is 1. The fourth-order valence-corrected chi connectivity index (χ4v) is 7.39. The molecule has 0 aliphatic carbocycles. The second-order valence-electron chi connectivity index (χ2n) is 12.9. The van der Waals surface area contributed by atoms with E-state index in [1.807, 2.05) is 129 Å². The molecule has 4 aromatic carbocycles. The second kappa shape index (κ2) is 18.6. The van der Waals surface area contributed by atoms with Gasteiger partial charge in [0.2, 0.25) is 5.91 Å². The number of hydrogen-bond acceptors (Lipinski definition) is 5. The van der Waals surface area contributed by atoms with Crippen molar-refractivity contribution in [2.75, 3.05) is 5.75 Å². The Kier molecular flexibility index (Phi) is 13.2. The molecule has 1 aliphatic heterocycles. The van der Waals surface area contributed by atoms with Crippen LogP contribution in [0, 0.1) is 13.8 Å². The number of benzene rings is 4. The Bertz CT molecular complexity index is 2310. The quantitative estimate of drug-likeness (QED) is 0.0726. The molecule has 1 aliphatic rings. The van der Waals surface area contributed by atoms with Crippen LogP contribution in [0.4, 0.5) is 0 Å². The molecule has 2 heterocycles. The third kappa shape index (κ3) is 9.45. The number of carbonyl (C=O) groups excluding carboxylic acids is 3. The lowest BCUT2D eigenvalue weighted by molar-refractivity contribution is -0.126. The van der Waals surface area contributed by atoms with E-state index in [1.54, 1.807) is 37.3 Å². The molecule has 0 saturated heterocycles. The van der Waals surface area contributed by atoms with Crippen LogP contribution in [0.2, 0.25) is 0 Å². The van der Waals surface area contributed by atoms with Gasteiger partial charge >= 0.3 is 0 Å². The number of halogens is 1. The molecule has 0 spiro atoms. The van der Waals surface area contributed by atoms with Gasteiger partial charge in [-0.3, -0.25) is 19.3 Å². The number of hydrogen-bond donors (Lipinski definition) is 1. The van der Waals surface area contributed by atoms with E-state index in [0.29, 0.717) is 17.9 Å². The van der Waals surface area contributed by atoms with E-state index in [0.717, 1.165) is 55.7 Å². The maximum atomic E-state index is 14.3. The van der Waals surface area contributed by atoms with Crippen molar-refractivity contribution < 1.29 is 19.1 Å². The minimum atomic E-state index is -0.680. The lowest BCUT2D eigenvalue weighted by Crippen LogP contribution is -2.42. The zero-order valence-corrected chi connectivity index (χ0v) is 33.7. The Morgan fingerprint density at radius 1 is 0.929 bits per heavy atom. The van der Waals surface area contributed by atoms with Crippen LogP contribution in [-0.4, -0.2) is 38.1 Å². The van der Waals surface area contributed by atoms with Crippen LogP contribution < -0.4 is 10.1 Å². The molecule has 0 unspecified atom stereocenters. The maximum Gasteiger partial charge on any atom is 0.285 e. The molecule has 1 aromatic heterocycles. The number of aromatic nitrogens is 1. The van der Waals surface area contributed by atoms with Crippen LogP contribution in [-0.2, 0) is 21.0 Å². The van der Waals surface area contributed by atoms with Gasteiger partial charge in [-0.1, -0.05) is 125 Å². The summed E-state index contributed by atoms with van der Waals surface area (Å²) in [4.78, 5) is 47.3. The van der Waals surface area contributed by atoms with Gasteiger partial charge in [-0.15, -0.1) is 0 Å². The van der Waals surface area contributed by atoms with Crippen LogP contribution in [0.3, 0.4) is 0 Å². The molecule has 10 heteroatoms. The van der Waals surface area contributed by atoms with Crippen LogP contribution in [0.5, 0.6) is 5.75 Å². The zero-order chi connectivity index (χ0) is 39.6. The fourth-order valence-electron chi connectivity index (χ4n) is 6.32. The maximum absolute atomic E-state index is 14.3. The van der Waals surface area contributed by atoms with Gasteiger partial charge in [0, 0.05) is 27.2 Å². The number of rotatable bonds is 13. The van der Waals surface area contributed by atoms with E-state index in [9.17, 15) is 14.4 Å². The monoisotopic (exact) mass is 824 g/mol. The highest BCUT2D eigenvalue weighted by Gasteiger charge is 2.35. The number of nitrogens with one attached hydrogen (secondary N) is 1. The highest BCUT2D eigenvalue weighted by Crippen LogP contribution is 2.30. The lowest BCUT2D eigenvalue weighted by atomic mass is 9.99. The molecule has 1 N–H and O–H groups in total. The van der Waals surface area contributed by atoms with Crippen molar-refractivity contribution in [3.8, 4) is 11.4 Å². The average molecular weight is 826 g/mol. The summed E-state index contributed by atoms with van der Waals surface area (Å²) >= 11 is 4.49. The molecule has 0 bridgehead atoms. The van der Waals surface area contributed by atoms with E-state index in [-0.39, 0.29) is 28.4 Å². The molecule has 6 rings (SSSR count). The number of nitrogens with zero attached hydrogens (tertiary/aromatic N) is 3. The summed E-state index contributed by atoms with van der Waals surface area (Å²) in [5.41, 5.74) is 6.69. The summed E-state index contributed by atoms with van der Waals surface area (Å²) in [5.74, 6) is -0.847. The number of allylic oxidation sites excluding steroid dienone is 4. The van der Waals surface area contributed by atoms with E-state index >= 15 is 0 Å². The van der Waals surface area contributed by atoms with Gasteiger partial charge in [0.1, 0.15) is 17.9 Å². The first-order chi connectivity index (χ1) is 27.2. The Labute approximate surface area is 340 Å². The third-order valence-electron chi connectivity index (χ3n) is 9.10. The van der Waals surface area contributed by atoms with Crippen molar-refractivity contribution in [1.82, 2.24) is 14.8 Å². The molecule has 3 amide bonds. The molecule has 0 radical (unpaired) electrons. The van der Waals surface area contributed by atoms with E-state index in [2.05, 4.69) is 37.4 Å². The topological polar surface area (TPSA) is 93.0 Å². The zero-order valence-electron chi connectivity index (χ0n) is 31.3. The molecule has 0 fully saturated rings. The SMILES string of the molecule is C=C/C=C\C(=C/C)N1C(=O)/C(=C/c2cc(C)n(-c3ccc(OCc4ccc(Br)cc4)cc3)c2C)C(=O)N=C1SCC(=O)NC(c1ccccc1)c1ccccc1. The fraction of sp³-hybridized carbons (Fsp3) is 0.130. The predicted molar refractivity (Wildman–Crippen MR) is 229 cm³/mol. The van der Waals surface area contributed by atoms with Crippen molar-refractivity contribution in [3.63, 3.8) is 0 Å². The van der Waals surface area contributed by atoms with E-state index in [4.69, 9.17) is 4.74 Å². The van der Waals surface area contributed by atoms with Crippen LogP contribution in [0.25, 0.3) is 11.8 Å². The summed E-state index contributed by atoms with van der Waals surface area (Å²) in [5, 5.41) is 3.23. The molecule has 0 atom stereocenters. The molecular weight excluding hydrogens is 785 g/mol. The van der Waals surface area contributed by atoms with Crippen LogP contribution >= 0.6 is 27.7 Å². The lowest BCUT2D eigenvalue weighted by Gasteiger charge is -2.28. The molecule has 0 saturated carbocycles. The molecular formula is C46H41BrN4O4S. The first kappa shape index (κ1) is 39.7. The summed E-state index contributed by atoms with van der Waals surface area (Å²) in [6.45, 7) is 9.92. The highest BCUT2D eigenvalue weighted by molar-refractivity contribution is 9.10. The van der Waals surface area contributed by atoms with Crippen LogP contribution in [0.1, 0.15) is 46.6 Å². The van der Waals surface area contributed by atoms with Crippen molar-refractivity contribution >= 4 is 56.7 Å². The molecule has 282 valence electrons. The van der Waals surface area contributed by atoms with E-state index < -0.39 is 11.8 Å². The van der Waals surface area contributed by atoms with Gasteiger partial charge in [-0.25, -0.2) is 0 Å². The average Bonchev–Trinajstić information content (AvgIpc) is 3.50. The Morgan fingerprint density at radius 2 is 1.57 bits per heavy atom. The molecule has 56 heavy (non-hydrogen) atoms. The number of aliphatic imine (C=N–C) groups is 1. The molecule has 8 nitrogen and oxygen atoms in total. The third-order valence-corrected chi connectivity index (χ3v) is 10.6. The second-order valence-corrected chi connectivity index (χ2v) is 14.7. The standard InChI is InChI=1S/C46H41BrN4O4S/c1-5-7-18-38(6-2)51-45(54)41(44(53)49-46(51)56-30-42(52)48-43(34-14-10-8-11-15-34)35-16-12-9-13-17-35)28-36-27-31(3)50(32(36)4)39-23-25-40(26-24-39)55-29-33-19-21-37(47)22-20-33/h5-28,43H,1,29-30H2,2-4H3,(H,48,52)/b18-7-,38-6+,41-28+. The highest BCUT2D eigenvalue weighted by atomic mass is 79.9. The van der Waals surface area contributed by atoms with E-state index in [1.165, 1.54) is 4.90 Å². The molecule has 5 aromatic rings. The first-order valence-corrected chi connectivity index (χ1v) is 19.8. The minimum Gasteiger partial charge on any atom is -0.489 e. The smallest absolute Gasteiger partial charge is 0.285 e. The van der Waals surface area contributed by atoms with Gasteiger partial charge < -0.3 is 14.6 Å². The Morgan fingerprint density at radius 3 is 2.18 bits per heavy atom. The number of amidine groups is 1. The summed E-state index contributed by atoms with van der Waals surface area (Å²) < 4.78 is 9.08. The number of carbonyl (C=O) groups is 3. The van der Waals surface area contributed by atoms with Gasteiger partial charge in [0.05, 0.1) is 11.8 Å². The number of thioether (sulfide) groups is 1. The summed E-state index contributed by atoms with van der Waals surface area (Å²) in [6.07, 6.45) is 8.36. The largest absolute Gasteiger partial charge is 0.489 e. The van der Waals surface area contributed by atoms with Crippen molar-refractivity contribution in [1.29, 1.82) is 0 Å². The van der Waals surface area contributed by atoms with Gasteiger partial charge in [0.15, 0.2) is 5.17 Å². The van der Waals surface area contributed by atoms with Crippen molar-refractivity contribution in [2.24, 2.45) is 4.99 Å². The predicted octanol–water partition coefficient (Wildman–Crippen LogP) is 9.83. The van der Waals surface area contributed by atoms with Gasteiger partial charge in [-0.2, -0.15) is 4.99 Å².